The highest BCUT2D eigenvalue weighted by Gasteiger charge is 2.54. The van der Waals surface area contributed by atoms with Crippen LogP contribution in [0.15, 0.2) is 85.1 Å². The van der Waals surface area contributed by atoms with Crippen LogP contribution in [0.5, 0.6) is 0 Å². The van der Waals surface area contributed by atoms with E-state index in [4.69, 9.17) is 18.5 Å². The first kappa shape index (κ1) is 63.2. The third-order valence-corrected chi connectivity index (χ3v) is 12.1. The van der Waals surface area contributed by atoms with Gasteiger partial charge in [-0.2, -0.15) is 0 Å². The number of hydrogen-bond acceptors (Lipinski definition) is 14. The topological polar surface area (TPSA) is 276 Å². The molecular formula is C49H82O17P2. The molecule has 8 N–H and O–H groups in total. The van der Waals surface area contributed by atoms with Crippen LogP contribution >= 0.6 is 15.6 Å². The summed E-state index contributed by atoms with van der Waals surface area (Å²) >= 11 is 0. The van der Waals surface area contributed by atoms with Gasteiger partial charge in [0.25, 0.3) is 0 Å². The molecule has 390 valence electrons. The van der Waals surface area contributed by atoms with Gasteiger partial charge in [-0.15, -0.1) is 0 Å². The van der Waals surface area contributed by atoms with Crippen molar-refractivity contribution >= 4 is 27.6 Å². The van der Waals surface area contributed by atoms with Crippen LogP contribution in [-0.4, -0.2) is 114 Å². The third kappa shape index (κ3) is 32.9. The first-order valence-electron chi connectivity index (χ1n) is 24.2. The van der Waals surface area contributed by atoms with Crippen molar-refractivity contribution in [2.45, 2.75) is 198 Å². The van der Waals surface area contributed by atoms with Crippen LogP contribution < -0.4 is 0 Å². The van der Waals surface area contributed by atoms with Gasteiger partial charge in [0.05, 0.1) is 12.7 Å². The summed E-state index contributed by atoms with van der Waals surface area (Å²) in [5.74, 6) is -1.33. The van der Waals surface area contributed by atoms with Gasteiger partial charge in [0.15, 0.2) is 6.10 Å². The predicted octanol–water partition coefficient (Wildman–Crippen LogP) is 8.36. The lowest BCUT2D eigenvalue weighted by molar-refractivity contribution is -0.216. The average molecular weight is 1010 g/mol. The summed E-state index contributed by atoms with van der Waals surface area (Å²) in [5.41, 5.74) is 0. The zero-order chi connectivity index (χ0) is 50.5. The number of carbonyl (C=O) groups excluding carboxylic acids is 2. The van der Waals surface area contributed by atoms with Crippen molar-refractivity contribution in [1.82, 2.24) is 0 Å². The van der Waals surface area contributed by atoms with Gasteiger partial charge < -0.3 is 49.7 Å². The first-order valence-corrected chi connectivity index (χ1v) is 27.3. The number of rotatable bonds is 39. The molecule has 0 amide bonds. The van der Waals surface area contributed by atoms with E-state index in [1.54, 1.807) is 12.2 Å². The molecule has 1 aliphatic carbocycles. The molecule has 0 aromatic heterocycles. The summed E-state index contributed by atoms with van der Waals surface area (Å²) in [5, 5.41) is 51.1. The van der Waals surface area contributed by atoms with Crippen LogP contribution in [0.4, 0.5) is 0 Å². The monoisotopic (exact) mass is 1000 g/mol. The number of ether oxygens (including phenoxy) is 2. The molecule has 68 heavy (non-hydrogen) atoms. The van der Waals surface area contributed by atoms with E-state index in [0.29, 0.717) is 19.3 Å². The molecule has 6 unspecified atom stereocenters. The third-order valence-electron chi connectivity index (χ3n) is 10.6. The van der Waals surface area contributed by atoms with E-state index in [-0.39, 0.29) is 19.3 Å². The zero-order valence-corrected chi connectivity index (χ0v) is 41.9. The molecule has 1 fully saturated rings. The molecule has 1 saturated carbocycles. The van der Waals surface area contributed by atoms with E-state index in [2.05, 4.69) is 23.6 Å². The Bertz CT molecular complexity index is 1650. The van der Waals surface area contributed by atoms with Crippen molar-refractivity contribution in [2.24, 2.45) is 0 Å². The first-order chi connectivity index (χ1) is 32.5. The van der Waals surface area contributed by atoms with Crippen molar-refractivity contribution in [2.75, 3.05) is 13.2 Å². The maximum absolute atomic E-state index is 13.0. The molecule has 0 heterocycles. The fraction of sp³-hybridized carbons (Fsp3) is 0.673. The van der Waals surface area contributed by atoms with Crippen molar-refractivity contribution < 1.29 is 82.0 Å². The number of hydrogen-bond donors (Lipinski definition) is 8. The molecule has 0 radical (unpaired) electrons. The number of phosphoric ester groups is 2. The highest BCUT2D eigenvalue weighted by molar-refractivity contribution is 7.47. The molecule has 9 atom stereocenters. The van der Waals surface area contributed by atoms with Crippen molar-refractivity contribution in [3.05, 3.63) is 85.1 Å². The summed E-state index contributed by atoms with van der Waals surface area (Å²) in [7, 11) is -10.7. The van der Waals surface area contributed by atoms with E-state index >= 15 is 0 Å². The molecule has 0 aliphatic heterocycles. The van der Waals surface area contributed by atoms with Crippen LogP contribution in [0.25, 0.3) is 0 Å². The van der Waals surface area contributed by atoms with E-state index in [0.717, 1.165) is 57.8 Å². The Morgan fingerprint density at radius 3 is 1.65 bits per heavy atom. The summed E-state index contributed by atoms with van der Waals surface area (Å²) in [6.45, 7) is 2.75. The molecule has 19 heteroatoms. The lowest BCUT2D eigenvalue weighted by Crippen LogP contribution is -2.64. The molecule has 17 nitrogen and oxygen atoms in total. The second-order valence-corrected chi connectivity index (χ2v) is 19.2. The van der Waals surface area contributed by atoms with Gasteiger partial charge in [-0.05, 0) is 64.2 Å². The maximum atomic E-state index is 13.0. The number of phosphoric acid groups is 2. The van der Waals surface area contributed by atoms with Crippen LogP contribution in [0.1, 0.15) is 149 Å². The second-order valence-electron chi connectivity index (χ2n) is 16.6. The quantitative estimate of drug-likeness (QED) is 0.00944. The standard InChI is InChI=1S/C49H82O17P2/c1-3-5-7-8-9-10-11-12-13-16-19-22-25-28-32-36-42(51)62-38-41(39-63-68(60,61)66-49-46(55)44(53)45(54)48(47(49)56)65-67(57,58)59)64-43(52)37-33-29-26-23-20-17-14-15-18-21-24-27-31-35-40(50)34-30-6-4-2/h5-7,15,17-18,20,24,26-27,29-31,35,40-41,44-50,53-56H,3-4,8-14,16,19,21-23,25,28,32-34,36-39H2,1-2H3,(H,60,61)(H2,57,58,59)/b7-5-,18-15-,20-17-,27-24+,29-26-,30-6-,35-31+/t40?,41-,44?,45?,46?,47?,48-,49+/m1/s1. The smallest absolute Gasteiger partial charge is 0.462 e. The molecular weight excluding hydrogens is 922 g/mol. The number of aliphatic hydroxyl groups excluding tert-OH is 5. The molecule has 0 aromatic carbocycles. The van der Waals surface area contributed by atoms with Crippen LogP contribution in [0.2, 0.25) is 0 Å². The molecule has 0 spiro atoms. The van der Waals surface area contributed by atoms with E-state index in [9.17, 15) is 58.9 Å². The van der Waals surface area contributed by atoms with Crippen molar-refractivity contribution in [3.63, 3.8) is 0 Å². The highest BCUT2D eigenvalue weighted by atomic mass is 31.2. The molecule has 0 saturated heterocycles. The van der Waals surface area contributed by atoms with Gasteiger partial charge in [0.1, 0.15) is 43.2 Å². The van der Waals surface area contributed by atoms with Gasteiger partial charge in [0, 0.05) is 12.8 Å². The molecule has 0 aromatic rings. The lowest BCUT2D eigenvalue weighted by Gasteiger charge is -2.43. The van der Waals surface area contributed by atoms with Gasteiger partial charge in [-0.25, -0.2) is 9.13 Å². The van der Waals surface area contributed by atoms with Crippen molar-refractivity contribution in [1.29, 1.82) is 0 Å². The Kier molecular flexibility index (Phi) is 36.1. The summed E-state index contributed by atoms with van der Waals surface area (Å²) in [6, 6.07) is 0. The van der Waals surface area contributed by atoms with Gasteiger partial charge in [-0.3, -0.25) is 23.2 Å². The number of aliphatic hydroxyl groups is 5. The van der Waals surface area contributed by atoms with Crippen LogP contribution in [-0.2, 0) is 41.8 Å². The Hall–Kier alpha value is -2.86. The second kappa shape index (κ2) is 38.8. The van der Waals surface area contributed by atoms with E-state index in [1.165, 1.54) is 38.5 Å². The summed E-state index contributed by atoms with van der Waals surface area (Å²) in [6.07, 6.45) is 30.2. The minimum absolute atomic E-state index is 0.0923. The number of allylic oxidation sites excluding steroid dienone is 12. The minimum Gasteiger partial charge on any atom is -0.462 e. The zero-order valence-electron chi connectivity index (χ0n) is 40.1. The van der Waals surface area contributed by atoms with Crippen LogP contribution in [0.3, 0.4) is 0 Å². The number of carbonyl (C=O) groups is 2. The average Bonchev–Trinajstić information content (AvgIpc) is 3.29. The van der Waals surface area contributed by atoms with Gasteiger partial charge in [0.2, 0.25) is 0 Å². The molecule has 0 bridgehead atoms. The predicted molar refractivity (Wildman–Crippen MR) is 261 cm³/mol. The Balaban J connectivity index is 2.65. The summed E-state index contributed by atoms with van der Waals surface area (Å²) < 4.78 is 49.3. The fourth-order valence-corrected chi connectivity index (χ4v) is 8.38. The minimum atomic E-state index is -5.38. The lowest BCUT2D eigenvalue weighted by atomic mass is 9.85. The normalized spacial score (nSPS) is 22.4. The summed E-state index contributed by atoms with van der Waals surface area (Å²) in [4.78, 5) is 54.3. The number of unbranched alkanes of at least 4 members (excludes halogenated alkanes) is 11. The van der Waals surface area contributed by atoms with E-state index in [1.807, 2.05) is 67.7 Å². The Morgan fingerprint density at radius 2 is 1.06 bits per heavy atom. The largest absolute Gasteiger partial charge is 0.472 e. The molecule has 1 rings (SSSR count). The molecule has 1 aliphatic rings. The van der Waals surface area contributed by atoms with Crippen LogP contribution in [0, 0.1) is 0 Å². The van der Waals surface area contributed by atoms with Crippen molar-refractivity contribution in [3.8, 4) is 0 Å². The van der Waals surface area contributed by atoms with Gasteiger partial charge >= 0.3 is 27.6 Å². The highest BCUT2D eigenvalue weighted by Crippen LogP contribution is 2.49. The van der Waals surface area contributed by atoms with Gasteiger partial charge in [-0.1, -0.05) is 157 Å². The SMILES string of the molecule is CC/C=C\CCCCCCCCCCCCCC(=O)OC[C@H](COP(=O)(O)O[C@H]1C(O)C(O)C(O)[C@@H](OP(=O)(O)O)C1O)OC(=O)CC/C=C\C/C=C\C/C=C\C/C=C/C=C/C(O)C/C=C\CC. The van der Waals surface area contributed by atoms with E-state index < -0.39 is 89.6 Å². The Labute approximate surface area is 404 Å². The Morgan fingerprint density at radius 1 is 0.544 bits per heavy atom. The number of esters is 2. The maximum Gasteiger partial charge on any atom is 0.472 e. The fourth-order valence-electron chi connectivity index (χ4n) is 6.84.